The van der Waals surface area contributed by atoms with Gasteiger partial charge in [0, 0.05) is 22.4 Å². The molecular weight excluding hydrogens is 394 g/mol. The van der Waals surface area contributed by atoms with E-state index < -0.39 is 11.5 Å². The maximum absolute atomic E-state index is 12.5. The van der Waals surface area contributed by atoms with Crippen LogP contribution in [0.1, 0.15) is 17.4 Å². The molecule has 4 rings (SSSR count). The highest BCUT2D eigenvalue weighted by Gasteiger charge is 2.11. The first kappa shape index (κ1) is 18.9. The third-order valence-electron chi connectivity index (χ3n) is 4.39. The van der Waals surface area contributed by atoms with Crippen LogP contribution >= 0.6 is 11.3 Å². The average Bonchev–Trinajstić information content (AvgIpc) is 3.12. The van der Waals surface area contributed by atoms with E-state index in [0.717, 1.165) is 26.9 Å². The van der Waals surface area contributed by atoms with Crippen molar-refractivity contribution in [3.8, 4) is 5.75 Å². The number of ether oxygens (including phenoxy) is 1. The van der Waals surface area contributed by atoms with Gasteiger partial charge in [-0.25, -0.2) is 14.5 Å². The summed E-state index contributed by atoms with van der Waals surface area (Å²) < 4.78 is 11.7. The van der Waals surface area contributed by atoms with Gasteiger partial charge in [0.1, 0.15) is 22.5 Å². The maximum Gasteiger partial charge on any atom is 0.336 e. The van der Waals surface area contributed by atoms with Gasteiger partial charge in [0.05, 0.1) is 5.39 Å². The fourth-order valence-electron chi connectivity index (χ4n) is 2.94. The quantitative estimate of drug-likeness (QED) is 0.506. The Morgan fingerprint density at radius 2 is 2.07 bits per heavy atom. The van der Waals surface area contributed by atoms with Crippen molar-refractivity contribution < 1.29 is 13.9 Å². The van der Waals surface area contributed by atoms with Gasteiger partial charge >= 0.3 is 5.63 Å². The van der Waals surface area contributed by atoms with Crippen molar-refractivity contribution >= 4 is 38.4 Å². The van der Waals surface area contributed by atoms with E-state index in [2.05, 4.69) is 10.4 Å². The topological polar surface area (TPSA) is 103 Å². The first-order chi connectivity index (χ1) is 13.9. The second-order valence-electron chi connectivity index (χ2n) is 6.43. The number of hydrogen-bond acceptors (Lipinski definition) is 7. The molecule has 3 aromatic heterocycles. The predicted molar refractivity (Wildman–Crippen MR) is 110 cm³/mol. The SMILES string of the molecule is CCc1cc2c(=O)n(NC(=O)COc3ccc4c(C)cc(=O)oc4c3)cnc2s1. The Morgan fingerprint density at radius 1 is 1.24 bits per heavy atom. The summed E-state index contributed by atoms with van der Waals surface area (Å²) in [4.78, 5) is 42.2. The summed E-state index contributed by atoms with van der Waals surface area (Å²) in [7, 11) is 0. The molecule has 0 aliphatic carbocycles. The molecule has 0 spiro atoms. The van der Waals surface area contributed by atoms with Crippen molar-refractivity contribution in [2.45, 2.75) is 20.3 Å². The number of amides is 1. The number of hydrogen-bond donors (Lipinski definition) is 1. The van der Waals surface area contributed by atoms with E-state index in [1.54, 1.807) is 24.3 Å². The summed E-state index contributed by atoms with van der Waals surface area (Å²) in [6, 6.07) is 8.19. The number of aromatic nitrogens is 2. The molecule has 0 bridgehead atoms. The van der Waals surface area contributed by atoms with Crippen LogP contribution in [0, 0.1) is 6.92 Å². The molecule has 1 aromatic carbocycles. The smallest absolute Gasteiger partial charge is 0.336 e. The highest BCUT2D eigenvalue weighted by Crippen LogP contribution is 2.22. The summed E-state index contributed by atoms with van der Waals surface area (Å²) >= 11 is 1.46. The first-order valence-corrected chi connectivity index (χ1v) is 9.73. The number of carbonyl (C=O) groups excluding carboxylic acids is 1. The van der Waals surface area contributed by atoms with E-state index in [4.69, 9.17) is 9.15 Å². The fourth-order valence-corrected chi connectivity index (χ4v) is 3.86. The predicted octanol–water partition coefficient (Wildman–Crippen LogP) is 2.58. The molecule has 29 heavy (non-hydrogen) atoms. The molecule has 9 heteroatoms. The second kappa shape index (κ2) is 7.51. The van der Waals surface area contributed by atoms with E-state index in [9.17, 15) is 14.4 Å². The van der Waals surface area contributed by atoms with Gasteiger partial charge in [-0.3, -0.25) is 15.0 Å². The molecule has 8 nitrogen and oxygen atoms in total. The standard InChI is InChI=1S/C20H17N3O5S/c1-3-13-8-15-19(29-13)21-10-23(20(15)26)22-17(24)9-27-12-4-5-14-11(2)6-18(25)28-16(14)7-12/h4-8,10H,3,9H2,1-2H3,(H,22,24). The van der Waals surface area contributed by atoms with Crippen molar-refractivity contribution in [1.29, 1.82) is 0 Å². The third-order valence-corrected chi connectivity index (χ3v) is 5.58. The number of carbonyl (C=O) groups is 1. The van der Waals surface area contributed by atoms with Gasteiger partial charge in [-0.2, -0.15) is 0 Å². The normalized spacial score (nSPS) is 11.1. The van der Waals surface area contributed by atoms with E-state index >= 15 is 0 Å². The number of rotatable bonds is 5. The highest BCUT2D eigenvalue weighted by atomic mass is 32.1. The van der Waals surface area contributed by atoms with Crippen LogP contribution in [0.4, 0.5) is 0 Å². The molecular formula is C20H17N3O5S. The van der Waals surface area contributed by atoms with E-state index in [1.165, 1.54) is 23.7 Å². The van der Waals surface area contributed by atoms with Crippen molar-refractivity contribution in [2.75, 3.05) is 12.0 Å². The van der Waals surface area contributed by atoms with Crippen LogP contribution in [0.3, 0.4) is 0 Å². The van der Waals surface area contributed by atoms with Crippen molar-refractivity contribution in [3.05, 3.63) is 67.9 Å². The third kappa shape index (κ3) is 3.77. The van der Waals surface area contributed by atoms with Crippen LogP contribution in [-0.4, -0.2) is 22.2 Å². The number of benzene rings is 1. The molecule has 1 N–H and O–H groups in total. The van der Waals surface area contributed by atoms with Gasteiger partial charge in [-0.1, -0.05) is 6.92 Å². The summed E-state index contributed by atoms with van der Waals surface area (Å²) in [6.45, 7) is 3.49. The summed E-state index contributed by atoms with van der Waals surface area (Å²) in [5.41, 5.74) is 2.84. The molecule has 0 unspecified atom stereocenters. The molecule has 0 radical (unpaired) electrons. The Hall–Kier alpha value is -3.46. The molecule has 4 aromatic rings. The Bertz CT molecular complexity index is 1350. The summed E-state index contributed by atoms with van der Waals surface area (Å²) in [5.74, 6) is -0.155. The van der Waals surface area contributed by atoms with Crippen molar-refractivity contribution in [1.82, 2.24) is 9.66 Å². The van der Waals surface area contributed by atoms with Gasteiger partial charge in [-0.15, -0.1) is 11.3 Å². The van der Waals surface area contributed by atoms with Gasteiger partial charge in [0.15, 0.2) is 6.61 Å². The Morgan fingerprint density at radius 3 is 2.86 bits per heavy atom. The lowest BCUT2D eigenvalue weighted by Crippen LogP contribution is -2.35. The van der Waals surface area contributed by atoms with Crippen LogP contribution in [0.5, 0.6) is 5.75 Å². The lowest BCUT2D eigenvalue weighted by Gasteiger charge is -2.09. The van der Waals surface area contributed by atoms with Crippen molar-refractivity contribution in [3.63, 3.8) is 0 Å². The Balaban J connectivity index is 1.48. The van der Waals surface area contributed by atoms with Crippen LogP contribution in [-0.2, 0) is 11.2 Å². The zero-order chi connectivity index (χ0) is 20.5. The molecule has 0 fully saturated rings. The minimum atomic E-state index is -0.523. The van der Waals surface area contributed by atoms with E-state index in [1.807, 2.05) is 13.8 Å². The zero-order valence-corrected chi connectivity index (χ0v) is 16.5. The van der Waals surface area contributed by atoms with Gasteiger partial charge in [0.2, 0.25) is 0 Å². The van der Waals surface area contributed by atoms with Gasteiger partial charge in [-0.05, 0) is 37.1 Å². The molecule has 148 valence electrons. The number of nitrogens with one attached hydrogen (secondary N) is 1. The average molecular weight is 411 g/mol. The zero-order valence-electron chi connectivity index (χ0n) is 15.7. The van der Waals surface area contributed by atoms with Crippen LogP contribution in [0.25, 0.3) is 21.2 Å². The number of thiophene rings is 1. The molecule has 0 saturated carbocycles. The van der Waals surface area contributed by atoms with Gasteiger partial charge in [0.25, 0.3) is 11.5 Å². The maximum atomic E-state index is 12.5. The molecule has 0 aliphatic rings. The minimum absolute atomic E-state index is 0.324. The largest absolute Gasteiger partial charge is 0.484 e. The second-order valence-corrected chi connectivity index (χ2v) is 7.55. The first-order valence-electron chi connectivity index (χ1n) is 8.92. The summed E-state index contributed by atoms with van der Waals surface area (Å²) in [5, 5.41) is 1.25. The van der Waals surface area contributed by atoms with Crippen LogP contribution in [0.2, 0.25) is 0 Å². The molecule has 0 atom stereocenters. The van der Waals surface area contributed by atoms with Crippen molar-refractivity contribution in [2.24, 2.45) is 0 Å². The van der Waals surface area contributed by atoms with Crippen LogP contribution in [0.15, 0.2) is 50.7 Å². The number of aryl methyl sites for hydroxylation is 2. The molecule has 0 saturated heterocycles. The lowest BCUT2D eigenvalue weighted by molar-refractivity contribution is -0.119. The van der Waals surface area contributed by atoms with E-state index in [-0.39, 0.29) is 12.2 Å². The molecule has 3 heterocycles. The molecule has 0 aliphatic heterocycles. The lowest BCUT2D eigenvalue weighted by atomic mass is 10.1. The number of nitrogens with zero attached hydrogens (tertiary/aromatic N) is 2. The van der Waals surface area contributed by atoms with Gasteiger partial charge < -0.3 is 9.15 Å². The fraction of sp³-hybridized carbons (Fsp3) is 0.200. The summed E-state index contributed by atoms with van der Waals surface area (Å²) in [6.07, 6.45) is 2.10. The highest BCUT2D eigenvalue weighted by molar-refractivity contribution is 7.18. The van der Waals surface area contributed by atoms with E-state index in [0.29, 0.717) is 21.5 Å². The molecule has 1 amide bonds. The Labute approximate surface area is 168 Å². The van der Waals surface area contributed by atoms with Crippen LogP contribution < -0.4 is 21.3 Å². The number of fused-ring (bicyclic) bond motifs is 2. The Kier molecular flexibility index (Phi) is 4.89. The monoisotopic (exact) mass is 411 g/mol. The minimum Gasteiger partial charge on any atom is -0.484 e.